The Hall–Kier alpha value is -2.20. The fourth-order valence-electron chi connectivity index (χ4n) is 3.67. The number of esters is 4. The van der Waals surface area contributed by atoms with Gasteiger partial charge >= 0.3 is 23.9 Å². The van der Waals surface area contributed by atoms with E-state index in [9.17, 15) is 19.2 Å². The maximum absolute atomic E-state index is 11.8. The van der Waals surface area contributed by atoms with Crippen molar-refractivity contribution in [2.24, 2.45) is 0 Å². The molecule has 0 amide bonds. The summed E-state index contributed by atoms with van der Waals surface area (Å²) in [5.74, 6) is -2.38. The third-order valence-electron chi connectivity index (χ3n) is 4.72. The second-order valence-electron chi connectivity index (χ2n) is 7.19. The number of piperidine rings is 1. The van der Waals surface area contributed by atoms with Gasteiger partial charge in [-0.2, -0.15) is 0 Å². The summed E-state index contributed by atoms with van der Waals surface area (Å²) in [7, 11) is 0. The van der Waals surface area contributed by atoms with Crippen molar-refractivity contribution >= 4 is 23.9 Å². The standard InChI is InChI=1S/C19H29NO9/c1-11(21)25-10-15-16(26-12(2)22)17(27-13(3)23)18(28-14(4)24)19(29-15)20-8-6-5-7-9-20/h15-19H,5-10H2,1-4H3/t15-,16+,17+,18-,19-/m1/s1. The Morgan fingerprint density at radius 1 is 0.759 bits per heavy atom. The maximum atomic E-state index is 11.8. The zero-order valence-electron chi connectivity index (χ0n) is 17.3. The van der Waals surface area contributed by atoms with Gasteiger partial charge in [-0.15, -0.1) is 0 Å². The van der Waals surface area contributed by atoms with Crippen LogP contribution in [0.5, 0.6) is 0 Å². The lowest BCUT2D eigenvalue weighted by Gasteiger charge is -2.48. The SMILES string of the molecule is CC(=O)OC[C@H]1O[C@@H](N2CCCCC2)[C@H](OC(C)=O)[C@@H](OC(C)=O)[C@H]1OC(C)=O. The van der Waals surface area contributed by atoms with E-state index in [1.807, 2.05) is 4.90 Å². The predicted molar refractivity (Wildman–Crippen MR) is 97.4 cm³/mol. The van der Waals surface area contributed by atoms with Crippen LogP contribution >= 0.6 is 0 Å². The molecule has 0 aromatic carbocycles. The Labute approximate surface area is 169 Å². The first-order valence-corrected chi connectivity index (χ1v) is 9.73. The number of likely N-dealkylation sites (tertiary alicyclic amines) is 1. The highest BCUT2D eigenvalue weighted by Crippen LogP contribution is 2.32. The second-order valence-corrected chi connectivity index (χ2v) is 7.19. The Bertz CT molecular complexity index is 617. The van der Waals surface area contributed by atoms with Gasteiger partial charge in [-0.25, -0.2) is 0 Å². The Balaban J connectivity index is 2.40. The number of carbonyl (C=O) groups is 4. The number of nitrogens with zero attached hydrogens (tertiary/aromatic N) is 1. The van der Waals surface area contributed by atoms with Gasteiger partial charge in [-0.3, -0.25) is 24.1 Å². The lowest BCUT2D eigenvalue weighted by molar-refractivity contribution is -0.279. The number of rotatable bonds is 6. The molecule has 2 aliphatic heterocycles. The average molecular weight is 415 g/mol. The molecule has 0 saturated carbocycles. The first-order valence-electron chi connectivity index (χ1n) is 9.73. The van der Waals surface area contributed by atoms with Crippen molar-refractivity contribution in [1.82, 2.24) is 4.90 Å². The van der Waals surface area contributed by atoms with E-state index < -0.39 is 54.5 Å². The molecule has 2 rings (SSSR count). The molecule has 0 aliphatic carbocycles. The highest BCUT2D eigenvalue weighted by atomic mass is 16.7. The highest BCUT2D eigenvalue weighted by molar-refractivity contribution is 5.68. The molecular formula is C19H29NO9. The van der Waals surface area contributed by atoms with Crippen LogP contribution in [-0.2, 0) is 42.9 Å². The summed E-state index contributed by atoms with van der Waals surface area (Å²) in [5.41, 5.74) is 0. The van der Waals surface area contributed by atoms with Crippen molar-refractivity contribution in [2.75, 3.05) is 19.7 Å². The molecule has 2 aliphatic rings. The first-order chi connectivity index (χ1) is 13.7. The monoisotopic (exact) mass is 415 g/mol. The lowest BCUT2D eigenvalue weighted by Crippen LogP contribution is -2.66. The second kappa shape index (κ2) is 10.5. The van der Waals surface area contributed by atoms with Crippen LogP contribution in [0.4, 0.5) is 0 Å². The summed E-state index contributed by atoms with van der Waals surface area (Å²) >= 11 is 0. The van der Waals surface area contributed by atoms with E-state index in [4.69, 9.17) is 23.7 Å². The van der Waals surface area contributed by atoms with Crippen molar-refractivity contribution in [3.63, 3.8) is 0 Å². The van der Waals surface area contributed by atoms with E-state index in [1.54, 1.807) is 0 Å². The summed E-state index contributed by atoms with van der Waals surface area (Å²) in [6, 6.07) is 0. The van der Waals surface area contributed by atoms with Crippen LogP contribution in [-0.4, -0.2) is 79.1 Å². The molecule has 29 heavy (non-hydrogen) atoms. The maximum Gasteiger partial charge on any atom is 0.303 e. The zero-order chi connectivity index (χ0) is 21.6. The molecule has 0 bridgehead atoms. The highest BCUT2D eigenvalue weighted by Gasteiger charge is 2.53. The molecule has 0 unspecified atom stereocenters. The van der Waals surface area contributed by atoms with Gasteiger partial charge in [-0.1, -0.05) is 6.42 Å². The van der Waals surface area contributed by atoms with E-state index in [1.165, 1.54) is 27.7 Å². The van der Waals surface area contributed by atoms with E-state index in [2.05, 4.69) is 0 Å². The van der Waals surface area contributed by atoms with Gasteiger partial charge in [0.25, 0.3) is 0 Å². The molecule has 2 saturated heterocycles. The van der Waals surface area contributed by atoms with E-state index in [-0.39, 0.29) is 6.61 Å². The van der Waals surface area contributed by atoms with Gasteiger partial charge in [0.1, 0.15) is 12.7 Å². The average Bonchev–Trinajstić information content (AvgIpc) is 2.63. The predicted octanol–water partition coefficient (Wildman–Crippen LogP) is 0.555. The van der Waals surface area contributed by atoms with Crippen molar-refractivity contribution in [3.8, 4) is 0 Å². The first kappa shape index (κ1) is 23.1. The number of carbonyl (C=O) groups excluding carboxylic acids is 4. The lowest BCUT2D eigenvalue weighted by atomic mass is 9.95. The normalized spacial score (nSPS) is 30.1. The largest absolute Gasteiger partial charge is 0.463 e. The summed E-state index contributed by atoms with van der Waals surface area (Å²) in [5, 5.41) is 0. The molecule has 2 fully saturated rings. The Kier molecular flexibility index (Phi) is 8.39. The van der Waals surface area contributed by atoms with Gasteiger partial charge in [0.2, 0.25) is 0 Å². The third kappa shape index (κ3) is 6.67. The molecule has 10 heteroatoms. The van der Waals surface area contributed by atoms with Crippen LogP contribution in [0.25, 0.3) is 0 Å². The van der Waals surface area contributed by atoms with E-state index >= 15 is 0 Å². The third-order valence-corrected chi connectivity index (χ3v) is 4.72. The van der Waals surface area contributed by atoms with Crippen molar-refractivity contribution in [1.29, 1.82) is 0 Å². The van der Waals surface area contributed by atoms with Crippen molar-refractivity contribution < 1.29 is 42.9 Å². The zero-order valence-corrected chi connectivity index (χ0v) is 17.3. The fourth-order valence-corrected chi connectivity index (χ4v) is 3.67. The van der Waals surface area contributed by atoms with Crippen LogP contribution in [0.3, 0.4) is 0 Å². The van der Waals surface area contributed by atoms with Gasteiger partial charge in [0, 0.05) is 40.8 Å². The van der Waals surface area contributed by atoms with Gasteiger partial charge in [0.15, 0.2) is 24.5 Å². The minimum atomic E-state index is -1.11. The minimum Gasteiger partial charge on any atom is -0.463 e. The van der Waals surface area contributed by atoms with Crippen LogP contribution in [0.1, 0.15) is 47.0 Å². The minimum absolute atomic E-state index is 0.206. The molecule has 0 N–H and O–H groups in total. The van der Waals surface area contributed by atoms with Crippen LogP contribution in [0.15, 0.2) is 0 Å². The van der Waals surface area contributed by atoms with Crippen molar-refractivity contribution in [3.05, 3.63) is 0 Å². The van der Waals surface area contributed by atoms with Crippen molar-refractivity contribution in [2.45, 2.75) is 77.6 Å². The summed E-state index contributed by atoms with van der Waals surface area (Å²) < 4.78 is 27.5. The van der Waals surface area contributed by atoms with Crippen LogP contribution in [0.2, 0.25) is 0 Å². The van der Waals surface area contributed by atoms with E-state index in [0.29, 0.717) is 13.1 Å². The summed E-state index contributed by atoms with van der Waals surface area (Å²) in [6.07, 6.45) is -1.92. The molecule has 10 nitrogen and oxygen atoms in total. The molecule has 2 heterocycles. The fraction of sp³-hybridized carbons (Fsp3) is 0.789. The number of ether oxygens (including phenoxy) is 5. The van der Waals surface area contributed by atoms with Crippen LogP contribution in [0, 0.1) is 0 Å². The molecule has 0 aromatic rings. The summed E-state index contributed by atoms with van der Waals surface area (Å²) in [4.78, 5) is 48.6. The van der Waals surface area contributed by atoms with Crippen LogP contribution < -0.4 is 0 Å². The molecule has 0 spiro atoms. The van der Waals surface area contributed by atoms with Gasteiger partial charge < -0.3 is 23.7 Å². The number of hydrogen-bond acceptors (Lipinski definition) is 10. The quantitative estimate of drug-likeness (QED) is 0.450. The van der Waals surface area contributed by atoms with Gasteiger partial charge in [0.05, 0.1) is 0 Å². The topological polar surface area (TPSA) is 118 Å². The molecule has 0 radical (unpaired) electrons. The van der Waals surface area contributed by atoms with E-state index in [0.717, 1.165) is 19.3 Å². The smallest absolute Gasteiger partial charge is 0.303 e. The molecule has 0 aromatic heterocycles. The Morgan fingerprint density at radius 3 is 1.79 bits per heavy atom. The Morgan fingerprint density at radius 2 is 1.28 bits per heavy atom. The number of hydrogen-bond donors (Lipinski definition) is 0. The molecular weight excluding hydrogens is 386 g/mol. The molecule has 164 valence electrons. The van der Waals surface area contributed by atoms with Gasteiger partial charge in [-0.05, 0) is 12.8 Å². The summed E-state index contributed by atoms with van der Waals surface area (Å²) in [6.45, 7) is 6.10. The molecule has 5 atom stereocenters.